The lowest BCUT2D eigenvalue weighted by Crippen LogP contribution is -2.37. The van der Waals surface area contributed by atoms with E-state index in [-0.39, 0.29) is 12.5 Å². The Morgan fingerprint density at radius 2 is 2.00 bits per heavy atom. The molecule has 1 saturated heterocycles. The number of benzene rings is 1. The number of nitrogens with zero attached hydrogens (tertiary/aromatic N) is 2. The quantitative estimate of drug-likeness (QED) is 0.776. The van der Waals surface area contributed by atoms with Gasteiger partial charge in [-0.15, -0.1) is 0 Å². The molecule has 4 heteroatoms. The number of hydrogen-bond acceptors (Lipinski definition) is 4. The van der Waals surface area contributed by atoms with Gasteiger partial charge >= 0.3 is 0 Å². The molecule has 2 aromatic rings. The van der Waals surface area contributed by atoms with E-state index >= 15 is 0 Å². The standard InChI is InChI=1S/C21H29N3O/c1-17(19-7-3-2-4-8-19)24-12-10-21(15-24)23-14-18(16-25)13-20-9-5-6-11-22-20/h2-9,11,17-18,21,23,25H,10,12-16H2,1H3. The van der Waals surface area contributed by atoms with Crippen molar-refractivity contribution in [3.8, 4) is 0 Å². The van der Waals surface area contributed by atoms with Gasteiger partial charge < -0.3 is 10.4 Å². The molecule has 4 nitrogen and oxygen atoms in total. The Labute approximate surface area is 150 Å². The number of hydrogen-bond donors (Lipinski definition) is 2. The average molecular weight is 339 g/mol. The van der Waals surface area contributed by atoms with E-state index in [0.29, 0.717) is 12.1 Å². The summed E-state index contributed by atoms with van der Waals surface area (Å²) in [4.78, 5) is 6.91. The molecular formula is C21H29N3O. The van der Waals surface area contributed by atoms with Crippen LogP contribution in [0.4, 0.5) is 0 Å². The van der Waals surface area contributed by atoms with Gasteiger partial charge in [0.05, 0.1) is 0 Å². The van der Waals surface area contributed by atoms with Crippen LogP contribution in [0.3, 0.4) is 0 Å². The Bertz CT molecular complexity index is 620. The monoisotopic (exact) mass is 339 g/mol. The number of aliphatic hydroxyl groups is 1. The van der Waals surface area contributed by atoms with Crippen LogP contribution in [-0.2, 0) is 6.42 Å². The van der Waals surface area contributed by atoms with Crippen molar-refractivity contribution in [2.75, 3.05) is 26.2 Å². The molecule has 3 unspecified atom stereocenters. The summed E-state index contributed by atoms with van der Waals surface area (Å²) in [5, 5.41) is 13.3. The third-order valence-corrected chi connectivity index (χ3v) is 5.23. The van der Waals surface area contributed by atoms with Crippen molar-refractivity contribution in [2.24, 2.45) is 5.92 Å². The van der Waals surface area contributed by atoms with Crippen molar-refractivity contribution in [1.82, 2.24) is 15.2 Å². The molecule has 134 valence electrons. The Hall–Kier alpha value is -1.75. The first-order valence-corrected chi connectivity index (χ1v) is 9.29. The fourth-order valence-corrected chi connectivity index (χ4v) is 3.60. The van der Waals surface area contributed by atoms with Gasteiger partial charge in [0.1, 0.15) is 0 Å². The summed E-state index contributed by atoms with van der Waals surface area (Å²) in [7, 11) is 0. The molecule has 0 saturated carbocycles. The Balaban J connectivity index is 1.46. The number of rotatable bonds is 8. The van der Waals surface area contributed by atoms with Crippen LogP contribution in [0.25, 0.3) is 0 Å². The minimum atomic E-state index is 0.195. The van der Waals surface area contributed by atoms with E-state index in [1.165, 1.54) is 12.0 Å². The molecule has 1 fully saturated rings. The maximum Gasteiger partial charge on any atom is 0.0475 e. The lowest BCUT2D eigenvalue weighted by Gasteiger charge is -2.25. The molecule has 1 aliphatic heterocycles. The van der Waals surface area contributed by atoms with E-state index in [0.717, 1.165) is 31.7 Å². The van der Waals surface area contributed by atoms with Crippen molar-refractivity contribution in [3.05, 3.63) is 66.0 Å². The zero-order valence-electron chi connectivity index (χ0n) is 15.0. The number of nitrogens with one attached hydrogen (secondary N) is 1. The van der Waals surface area contributed by atoms with E-state index in [4.69, 9.17) is 0 Å². The van der Waals surface area contributed by atoms with E-state index < -0.39 is 0 Å². The Kier molecular flexibility index (Phi) is 6.56. The fourth-order valence-electron chi connectivity index (χ4n) is 3.60. The zero-order chi connectivity index (χ0) is 17.5. The highest BCUT2D eigenvalue weighted by molar-refractivity contribution is 5.18. The average Bonchev–Trinajstić information content (AvgIpc) is 3.15. The first-order valence-electron chi connectivity index (χ1n) is 9.29. The molecule has 1 aliphatic rings. The summed E-state index contributed by atoms with van der Waals surface area (Å²) in [6, 6.07) is 17.6. The Morgan fingerprint density at radius 1 is 1.20 bits per heavy atom. The molecule has 2 heterocycles. The number of pyridine rings is 1. The molecule has 25 heavy (non-hydrogen) atoms. The van der Waals surface area contributed by atoms with Crippen LogP contribution < -0.4 is 5.32 Å². The van der Waals surface area contributed by atoms with E-state index in [9.17, 15) is 5.11 Å². The fraction of sp³-hybridized carbons (Fsp3) is 0.476. The van der Waals surface area contributed by atoms with Crippen LogP contribution in [0.2, 0.25) is 0 Å². The van der Waals surface area contributed by atoms with Crippen molar-refractivity contribution in [1.29, 1.82) is 0 Å². The number of aliphatic hydroxyl groups excluding tert-OH is 1. The van der Waals surface area contributed by atoms with E-state index in [1.54, 1.807) is 0 Å². The van der Waals surface area contributed by atoms with Gasteiger partial charge in [0.2, 0.25) is 0 Å². The Morgan fingerprint density at radius 3 is 2.72 bits per heavy atom. The molecule has 1 aromatic carbocycles. The SMILES string of the molecule is CC(c1ccccc1)N1CCC(NCC(CO)Cc2ccccn2)C1. The van der Waals surface area contributed by atoms with Crippen LogP contribution in [0.1, 0.15) is 30.6 Å². The molecule has 0 bridgehead atoms. The van der Waals surface area contributed by atoms with Gasteiger partial charge in [0, 0.05) is 50.2 Å². The maximum absolute atomic E-state index is 9.67. The van der Waals surface area contributed by atoms with Crippen molar-refractivity contribution in [3.63, 3.8) is 0 Å². The highest BCUT2D eigenvalue weighted by Crippen LogP contribution is 2.24. The van der Waals surface area contributed by atoms with Gasteiger partial charge in [-0.05, 0) is 43.4 Å². The molecule has 2 N–H and O–H groups in total. The van der Waals surface area contributed by atoms with Crippen LogP contribution in [0.5, 0.6) is 0 Å². The minimum Gasteiger partial charge on any atom is -0.396 e. The van der Waals surface area contributed by atoms with Gasteiger partial charge in [-0.3, -0.25) is 9.88 Å². The highest BCUT2D eigenvalue weighted by atomic mass is 16.3. The molecular weight excluding hydrogens is 310 g/mol. The summed E-state index contributed by atoms with van der Waals surface area (Å²) in [6.07, 6.45) is 3.80. The second-order valence-electron chi connectivity index (χ2n) is 7.05. The van der Waals surface area contributed by atoms with E-state index in [2.05, 4.69) is 52.5 Å². The van der Waals surface area contributed by atoms with Crippen LogP contribution in [0, 0.1) is 5.92 Å². The minimum absolute atomic E-state index is 0.195. The molecule has 3 rings (SSSR count). The number of aromatic nitrogens is 1. The summed E-state index contributed by atoms with van der Waals surface area (Å²) >= 11 is 0. The third kappa shape index (κ3) is 5.11. The molecule has 0 spiro atoms. The summed E-state index contributed by atoms with van der Waals surface area (Å²) in [6.45, 7) is 5.51. The van der Waals surface area contributed by atoms with Crippen LogP contribution >= 0.6 is 0 Å². The smallest absolute Gasteiger partial charge is 0.0475 e. The topological polar surface area (TPSA) is 48.4 Å². The first kappa shape index (κ1) is 18.1. The van der Waals surface area contributed by atoms with Crippen molar-refractivity contribution < 1.29 is 5.11 Å². The van der Waals surface area contributed by atoms with Gasteiger partial charge in [-0.25, -0.2) is 0 Å². The predicted molar refractivity (Wildman–Crippen MR) is 101 cm³/mol. The summed E-state index contributed by atoms with van der Waals surface area (Å²) in [5.41, 5.74) is 2.43. The normalized spacial score (nSPS) is 20.5. The molecule has 0 amide bonds. The number of likely N-dealkylation sites (tertiary alicyclic amines) is 1. The van der Waals surface area contributed by atoms with Gasteiger partial charge in [-0.2, -0.15) is 0 Å². The highest BCUT2D eigenvalue weighted by Gasteiger charge is 2.26. The zero-order valence-corrected chi connectivity index (χ0v) is 15.0. The second kappa shape index (κ2) is 9.09. The summed E-state index contributed by atoms with van der Waals surface area (Å²) < 4.78 is 0. The third-order valence-electron chi connectivity index (χ3n) is 5.23. The van der Waals surface area contributed by atoms with Gasteiger partial charge in [0.15, 0.2) is 0 Å². The van der Waals surface area contributed by atoms with Crippen LogP contribution in [0.15, 0.2) is 54.7 Å². The largest absolute Gasteiger partial charge is 0.396 e. The van der Waals surface area contributed by atoms with Gasteiger partial charge in [0.25, 0.3) is 0 Å². The lowest BCUT2D eigenvalue weighted by atomic mass is 10.0. The first-order chi connectivity index (χ1) is 12.3. The second-order valence-corrected chi connectivity index (χ2v) is 7.05. The summed E-state index contributed by atoms with van der Waals surface area (Å²) in [5.74, 6) is 0.218. The molecule has 1 aromatic heterocycles. The van der Waals surface area contributed by atoms with Gasteiger partial charge in [-0.1, -0.05) is 36.4 Å². The lowest BCUT2D eigenvalue weighted by molar-refractivity contribution is 0.214. The molecule has 0 radical (unpaired) electrons. The van der Waals surface area contributed by atoms with Crippen LogP contribution in [-0.4, -0.2) is 47.3 Å². The predicted octanol–water partition coefficient (Wildman–Crippen LogP) is 2.66. The maximum atomic E-state index is 9.67. The van der Waals surface area contributed by atoms with E-state index in [1.807, 2.05) is 24.4 Å². The van der Waals surface area contributed by atoms with Crippen molar-refractivity contribution in [2.45, 2.75) is 31.8 Å². The molecule has 3 atom stereocenters. The molecule has 0 aliphatic carbocycles. The van der Waals surface area contributed by atoms with Crippen molar-refractivity contribution >= 4 is 0 Å².